The van der Waals surface area contributed by atoms with Crippen molar-refractivity contribution in [3.63, 3.8) is 0 Å². The van der Waals surface area contributed by atoms with Crippen molar-refractivity contribution in [2.45, 2.75) is 49.2 Å². The Morgan fingerprint density at radius 2 is 1.33 bits per heavy atom. The normalized spacial score (nSPS) is 10.7. The standard InChI is InChI=1S/C8H19As/c1-4-7-9(6-3)8-5-2/h4-8H2,1-3H3. The van der Waals surface area contributed by atoms with Crippen LogP contribution in [0, 0.1) is 0 Å². The van der Waals surface area contributed by atoms with E-state index in [2.05, 4.69) is 20.8 Å². The van der Waals surface area contributed by atoms with Gasteiger partial charge < -0.3 is 0 Å². The molecule has 0 amide bonds. The number of rotatable bonds is 5. The van der Waals surface area contributed by atoms with Crippen LogP contribution in [0.5, 0.6) is 0 Å². The molecule has 0 unspecified atom stereocenters. The molecule has 0 bridgehead atoms. The molecule has 0 aliphatic heterocycles. The summed E-state index contributed by atoms with van der Waals surface area (Å²) >= 11 is -0.274. The van der Waals surface area contributed by atoms with Crippen LogP contribution in [0.2, 0.25) is 15.6 Å². The third-order valence-corrected chi connectivity index (χ3v) is 7.93. The Labute approximate surface area is 64.3 Å². The summed E-state index contributed by atoms with van der Waals surface area (Å²) in [5, 5.41) is 4.68. The van der Waals surface area contributed by atoms with E-state index < -0.39 is 0 Å². The van der Waals surface area contributed by atoms with E-state index in [1.165, 1.54) is 18.1 Å². The van der Waals surface area contributed by atoms with Crippen LogP contribution in [0.25, 0.3) is 0 Å². The maximum absolute atomic E-state index is 2.37. The molecule has 0 aliphatic carbocycles. The number of hydrogen-bond donors (Lipinski definition) is 0. The molecule has 9 heavy (non-hydrogen) atoms. The van der Waals surface area contributed by atoms with E-state index in [0.717, 1.165) is 0 Å². The van der Waals surface area contributed by atoms with Crippen LogP contribution < -0.4 is 0 Å². The number of hydrogen-bond acceptors (Lipinski definition) is 0. The minimum atomic E-state index is -0.274. The van der Waals surface area contributed by atoms with Crippen molar-refractivity contribution in [1.29, 1.82) is 0 Å². The zero-order valence-corrected chi connectivity index (χ0v) is 8.86. The Morgan fingerprint density at radius 3 is 1.56 bits per heavy atom. The van der Waals surface area contributed by atoms with E-state index in [1.54, 1.807) is 10.4 Å². The van der Waals surface area contributed by atoms with Gasteiger partial charge in [0.05, 0.1) is 0 Å². The van der Waals surface area contributed by atoms with Gasteiger partial charge in [-0.3, -0.25) is 0 Å². The molecule has 0 fully saturated rings. The van der Waals surface area contributed by atoms with Gasteiger partial charge in [-0.15, -0.1) is 0 Å². The SMILES string of the molecule is CCC[As](CC)CCC. The second-order valence-electron chi connectivity index (χ2n) is 2.43. The summed E-state index contributed by atoms with van der Waals surface area (Å²) in [6, 6.07) is 0. The molecule has 0 saturated carbocycles. The summed E-state index contributed by atoms with van der Waals surface area (Å²) in [7, 11) is 0. The molecule has 56 valence electrons. The van der Waals surface area contributed by atoms with Gasteiger partial charge >= 0.3 is 63.9 Å². The minimum absolute atomic E-state index is 0.274. The molecule has 0 saturated heterocycles. The van der Waals surface area contributed by atoms with Crippen molar-refractivity contribution in [2.75, 3.05) is 0 Å². The van der Waals surface area contributed by atoms with Crippen LogP contribution in [0.4, 0.5) is 0 Å². The van der Waals surface area contributed by atoms with E-state index >= 15 is 0 Å². The van der Waals surface area contributed by atoms with Gasteiger partial charge in [0.2, 0.25) is 0 Å². The van der Waals surface area contributed by atoms with Crippen molar-refractivity contribution in [3.8, 4) is 0 Å². The van der Waals surface area contributed by atoms with Crippen molar-refractivity contribution in [2.24, 2.45) is 0 Å². The Hall–Kier alpha value is 0.558. The second-order valence-corrected chi connectivity index (χ2v) is 8.45. The molecule has 0 rings (SSSR count). The fourth-order valence-corrected chi connectivity index (χ4v) is 5.51. The van der Waals surface area contributed by atoms with Crippen LogP contribution >= 0.6 is 0 Å². The van der Waals surface area contributed by atoms with Crippen LogP contribution in [0.3, 0.4) is 0 Å². The Bertz CT molecular complexity index is 46.5. The Kier molecular flexibility index (Phi) is 7.09. The predicted octanol–water partition coefficient (Wildman–Crippen LogP) is 3.32. The molecule has 0 nitrogen and oxygen atoms in total. The first-order valence-corrected chi connectivity index (χ1v) is 8.05. The van der Waals surface area contributed by atoms with E-state index in [9.17, 15) is 0 Å². The van der Waals surface area contributed by atoms with Gasteiger partial charge in [0.25, 0.3) is 0 Å². The summed E-state index contributed by atoms with van der Waals surface area (Å²) in [5.41, 5.74) is 0. The van der Waals surface area contributed by atoms with E-state index in [1.807, 2.05) is 0 Å². The van der Waals surface area contributed by atoms with E-state index in [4.69, 9.17) is 0 Å². The van der Waals surface area contributed by atoms with Crippen LogP contribution in [0.15, 0.2) is 0 Å². The molecule has 0 radical (unpaired) electrons. The van der Waals surface area contributed by atoms with Gasteiger partial charge in [0.1, 0.15) is 0 Å². The molecule has 1 heteroatoms. The average molecular weight is 190 g/mol. The zero-order chi connectivity index (χ0) is 7.11. The first-order valence-electron chi connectivity index (χ1n) is 4.07. The molecule has 0 N–H and O–H groups in total. The topological polar surface area (TPSA) is 0 Å². The van der Waals surface area contributed by atoms with Crippen molar-refractivity contribution >= 4 is 14.7 Å². The zero-order valence-electron chi connectivity index (χ0n) is 6.98. The monoisotopic (exact) mass is 190 g/mol. The fraction of sp³-hybridized carbons (Fsp3) is 1.00. The fourth-order valence-electron chi connectivity index (χ4n) is 1.06. The Morgan fingerprint density at radius 1 is 0.889 bits per heavy atom. The maximum atomic E-state index is 2.37. The predicted molar refractivity (Wildman–Crippen MR) is 46.4 cm³/mol. The summed E-state index contributed by atoms with van der Waals surface area (Å²) in [5.74, 6) is 0. The summed E-state index contributed by atoms with van der Waals surface area (Å²) in [4.78, 5) is 0. The third kappa shape index (κ3) is 5.03. The summed E-state index contributed by atoms with van der Waals surface area (Å²) < 4.78 is 0. The van der Waals surface area contributed by atoms with Gasteiger partial charge in [0, 0.05) is 0 Å². The average Bonchev–Trinajstić information content (AvgIpc) is 1.88. The molecular formula is C8H19As. The summed E-state index contributed by atoms with van der Waals surface area (Å²) in [6.07, 6.45) is 2.85. The van der Waals surface area contributed by atoms with Crippen LogP contribution in [-0.2, 0) is 0 Å². The van der Waals surface area contributed by atoms with Crippen molar-refractivity contribution in [3.05, 3.63) is 0 Å². The van der Waals surface area contributed by atoms with E-state index in [0.29, 0.717) is 0 Å². The first-order chi connectivity index (χ1) is 4.35. The molecule has 0 aliphatic rings. The van der Waals surface area contributed by atoms with Crippen LogP contribution in [-0.4, -0.2) is 14.7 Å². The molecule has 0 aromatic carbocycles. The molecule has 0 aromatic rings. The third-order valence-electron chi connectivity index (χ3n) is 1.53. The molecule has 0 heterocycles. The Balaban J connectivity index is 3.18. The van der Waals surface area contributed by atoms with Gasteiger partial charge in [-0.25, -0.2) is 0 Å². The van der Waals surface area contributed by atoms with Crippen molar-refractivity contribution < 1.29 is 0 Å². The summed E-state index contributed by atoms with van der Waals surface area (Å²) in [6.45, 7) is 6.99. The van der Waals surface area contributed by atoms with Crippen LogP contribution in [0.1, 0.15) is 33.6 Å². The first kappa shape index (κ1) is 9.56. The van der Waals surface area contributed by atoms with Gasteiger partial charge in [0.15, 0.2) is 0 Å². The second kappa shape index (κ2) is 6.68. The molecule has 0 atom stereocenters. The molecular weight excluding hydrogens is 171 g/mol. The van der Waals surface area contributed by atoms with E-state index in [-0.39, 0.29) is 14.7 Å². The molecule has 0 aromatic heterocycles. The van der Waals surface area contributed by atoms with Crippen molar-refractivity contribution in [1.82, 2.24) is 0 Å². The quantitative estimate of drug-likeness (QED) is 0.583. The molecule has 0 spiro atoms. The van der Waals surface area contributed by atoms with Gasteiger partial charge in [-0.2, -0.15) is 0 Å². The van der Waals surface area contributed by atoms with Gasteiger partial charge in [-0.05, 0) is 0 Å². The van der Waals surface area contributed by atoms with Gasteiger partial charge in [-0.1, -0.05) is 0 Å².